The quantitative estimate of drug-likeness (QED) is 0.0163. The van der Waals surface area contributed by atoms with Gasteiger partial charge in [-0.3, -0.25) is 24.0 Å². The van der Waals surface area contributed by atoms with Gasteiger partial charge in [-0.15, -0.1) is 0 Å². The molecule has 556 valence electrons. The highest BCUT2D eigenvalue weighted by Crippen LogP contribution is 2.48. The van der Waals surface area contributed by atoms with Crippen LogP contribution < -0.4 is 26.2 Å². The lowest BCUT2D eigenvalue weighted by Crippen LogP contribution is -2.50. The number of rotatable bonds is 38. The Kier molecular flexibility index (Phi) is 29.6. The number of fused-ring (bicyclic) bond motifs is 2. The van der Waals surface area contributed by atoms with E-state index >= 15 is 0 Å². The standard InChI is InChI=1S/C75H102Cl3N11O12S/c1-51-21-28-61-58(46-51)74(3,4)64(86(61)9)18-12-10-13-19-65-75(5,6)59-48-57(102(96,97)98)27-30-62(59)88(65)37-15-11-14-20-68(92)84(7)49-66(90)79-34-16-40-99-42-44-101-45-43-100-41-17-35-80-67(91)50-85(8)69(93)31-36-81-73(95)87-38-32-56(33-39-87)82-72(94)70-52(2)71(53-22-24-54(76)25-23-53)89(83-70)63-29-26-55(77)47-60(63)78/h21-30,46-48,56,65H,10-20,31-45,49-50H2,1-9H3,(H4-,79,80,81,82,90,91,94,95,96,97,98). The molecule has 5 aromatic rings. The largest absolute Gasteiger partial charge is 0.744 e. The highest BCUT2D eigenvalue weighted by molar-refractivity contribution is 7.85. The van der Waals surface area contributed by atoms with Crippen molar-refractivity contribution in [3.05, 3.63) is 122 Å². The van der Waals surface area contributed by atoms with Crippen LogP contribution >= 0.6 is 34.8 Å². The number of ether oxygens (including phenoxy) is 3. The van der Waals surface area contributed by atoms with E-state index in [9.17, 15) is 41.7 Å². The number of hydrogen-bond acceptors (Lipinski definition) is 14. The summed E-state index contributed by atoms with van der Waals surface area (Å²) in [6.07, 6.45) is 9.78. The third kappa shape index (κ3) is 21.7. The van der Waals surface area contributed by atoms with Crippen LogP contribution in [0.3, 0.4) is 0 Å². The first-order valence-electron chi connectivity index (χ1n) is 35.5. The topological polar surface area (TPSA) is 269 Å². The maximum absolute atomic E-state index is 13.7. The maximum atomic E-state index is 13.7. The van der Waals surface area contributed by atoms with Gasteiger partial charge in [0.15, 0.2) is 11.4 Å². The Morgan fingerprint density at radius 1 is 0.667 bits per heavy atom. The molecule has 0 radical (unpaired) electrons. The van der Waals surface area contributed by atoms with Gasteiger partial charge in [0.25, 0.3) is 5.91 Å². The van der Waals surface area contributed by atoms with Crippen LogP contribution in [0.1, 0.15) is 150 Å². The van der Waals surface area contributed by atoms with E-state index in [2.05, 4.69) is 90.6 Å². The van der Waals surface area contributed by atoms with Crippen LogP contribution in [-0.2, 0) is 54.3 Å². The van der Waals surface area contributed by atoms with Crippen LogP contribution in [-0.4, -0.2) is 209 Å². The number of unbranched alkanes of at least 4 members (excludes halogenated alkanes) is 4. The van der Waals surface area contributed by atoms with E-state index in [1.807, 2.05) is 19.1 Å². The predicted octanol–water partition coefficient (Wildman–Crippen LogP) is 10.7. The molecule has 3 aliphatic rings. The normalized spacial score (nSPS) is 15.5. The third-order valence-corrected chi connectivity index (χ3v) is 21.3. The summed E-state index contributed by atoms with van der Waals surface area (Å²) >= 11 is 19.0. The number of aromatic nitrogens is 2. The Morgan fingerprint density at radius 3 is 1.89 bits per heavy atom. The van der Waals surface area contributed by atoms with Gasteiger partial charge in [0, 0.05) is 142 Å². The van der Waals surface area contributed by atoms with E-state index in [1.54, 1.807) is 59.1 Å². The molecule has 1 unspecified atom stereocenters. The number of amides is 7. The second kappa shape index (κ2) is 37.5. The van der Waals surface area contributed by atoms with Crippen LogP contribution in [0, 0.1) is 13.8 Å². The molecular weight excluding hydrogens is 1390 g/mol. The van der Waals surface area contributed by atoms with Crippen LogP contribution in [0.25, 0.3) is 16.9 Å². The van der Waals surface area contributed by atoms with Crippen molar-refractivity contribution in [2.75, 3.05) is 118 Å². The van der Waals surface area contributed by atoms with E-state index in [0.29, 0.717) is 136 Å². The number of anilines is 1. The van der Waals surface area contributed by atoms with Crippen molar-refractivity contribution >= 4 is 97.6 Å². The Hall–Kier alpha value is -7.16. The zero-order valence-electron chi connectivity index (χ0n) is 60.5. The molecule has 7 amide bonds. The fourth-order valence-corrected chi connectivity index (χ4v) is 15.1. The summed E-state index contributed by atoms with van der Waals surface area (Å²) in [5, 5.41) is 17.6. The highest BCUT2D eigenvalue weighted by Gasteiger charge is 2.46. The lowest BCUT2D eigenvalue weighted by atomic mass is 9.78. The van der Waals surface area contributed by atoms with Gasteiger partial charge >= 0.3 is 6.03 Å². The van der Waals surface area contributed by atoms with Gasteiger partial charge in [-0.05, 0) is 139 Å². The number of nitrogens with one attached hydrogen (secondary N) is 4. The zero-order valence-corrected chi connectivity index (χ0v) is 63.6. The first kappa shape index (κ1) is 80.5. The number of benzene rings is 4. The highest BCUT2D eigenvalue weighted by atomic mass is 35.5. The molecule has 1 fully saturated rings. The van der Waals surface area contributed by atoms with Crippen molar-refractivity contribution in [3.8, 4) is 16.9 Å². The molecular formula is C75H102Cl3N11O12S. The maximum Gasteiger partial charge on any atom is 0.317 e. The SMILES string of the molecule is Cc1ccc2c(c1)C(C)(C)C(CCCCCC1N(CCCCCC(=O)N(C)CC(=O)NCCCOCCOCCOCCCNC(=O)CN(C)C(=O)CCNC(=O)N3CCC(NC(=O)c4nn(-c5ccc(Cl)cc5Cl)c(-c5ccc(Cl)cc5)c4C)CC3)c3ccc(S(=O)(=O)[O-])cc3C1(C)C)=[N+]2C. The fraction of sp³-hybridized carbons (Fsp3) is 0.547. The molecule has 1 atom stereocenters. The minimum atomic E-state index is -4.63. The molecule has 4 aromatic carbocycles. The monoisotopic (exact) mass is 1490 g/mol. The third-order valence-electron chi connectivity index (χ3n) is 19.7. The molecule has 8 rings (SSSR count). The number of halogens is 3. The number of carbonyl (C=O) groups is 6. The van der Waals surface area contributed by atoms with Crippen molar-refractivity contribution in [2.45, 2.75) is 159 Å². The van der Waals surface area contributed by atoms with Gasteiger partial charge in [0.05, 0.1) is 66.2 Å². The summed E-state index contributed by atoms with van der Waals surface area (Å²) in [5.74, 6) is -1.33. The average molecular weight is 1490 g/mol. The number of carbonyl (C=O) groups excluding carboxylic acids is 6. The molecule has 4 heterocycles. The molecule has 3 aliphatic heterocycles. The summed E-state index contributed by atoms with van der Waals surface area (Å²) in [6.45, 7) is 17.3. The van der Waals surface area contributed by atoms with Crippen molar-refractivity contribution in [1.29, 1.82) is 0 Å². The number of nitrogens with zero attached hydrogens (tertiary/aromatic N) is 7. The second-order valence-corrected chi connectivity index (χ2v) is 30.6. The van der Waals surface area contributed by atoms with Crippen LogP contribution in [0.2, 0.25) is 15.1 Å². The number of hydrogen-bond donors (Lipinski definition) is 4. The Balaban J connectivity index is 0.602. The Labute approximate surface area is 616 Å². The smallest absolute Gasteiger partial charge is 0.317 e. The van der Waals surface area contributed by atoms with E-state index < -0.39 is 15.5 Å². The second-order valence-electron chi connectivity index (χ2n) is 27.9. The lowest BCUT2D eigenvalue weighted by Gasteiger charge is -2.35. The summed E-state index contributed by atoms with van der Waals surface area (Å²) in [7, 11) is 0.714. The molecule has 27 heteroatoms. The number of likely N-dealkylation sites (N-methyl/N-ethyl adjacent to an activating group) is 2. The van der Waals surface area contributed by atoms with Crippen LogP contribution in [0.4, 0.5) is 16.2 Å². The molecule has 1 saturated heterocycles. The lowest BCUT2D eigenvalue weighted by molar-refractivity contribution is -0.404. The Morgan fingerprint density at radius 2 is 1.26 bits per heavy atom. The van der Waals surface area contributed by atoms with E-state index in [0.717, 1.165) is 68.3 Å². The molecule has 0 aliphatic carbocycles. The van der Waals surface area contributed by atoms with Crippen molar-refractivity contribution in [2.24, 2.45) is 0 Å². The molecule has 0 bridgehead atoms. The van der Waals surface area contributed by atoms with Gasteiger partial charge in [0.2, 0.25) is 29.3 Å². The average Bonchev–Trinajstić information content (AvgIpc) is 1.60. The number of likely N-dealkylation sites (tertiary alicyclic amines) is 1. The first-order chi connectivity index (χ1) is 48.6. The van der Waals surface area contributed by atoms with Gasteiger partial charge in [-0.2, -0.15) is 5.10 Å². The van der Waals surface area contributed by atoms with Gasteiger partial charge < -0.3 is 59.6 Å². The summed E-state index contributed by atoms with van der Waals surface area (Å²) in [5.41, 5.74) is 9.64. The van der Waals surface area contributed by atoms with Crippen molar-refractivity contribution < 1.29 is 60.5 Å². The molecule has 0 spiro atoms. The number of urea groups is 1. The minimum Gasteiger partial charge on any atom is -0.744 e. The van der Waals surface area contributed by atoms with Crippen LogP contribution in [0.15, 0.2) is 83.8 Å². The van der Waals surface area contributed by atoms with Gasteiger partial charge in [-0.25, -0.2) is 22.5 Å². The summed E-state index contributed by atoms with van der Waals surface area (Å²) < 4.78 is 57.2. The molecule has 4 N–H and O–H groups in total. The van der Waals surface area contributed by atoms with Gasteiger partial charge in [0.1, 0.15) is 17.2 Å². The Bertz CT molecular complexity index is 3900. The summed E-state index contributed by atoms with van der Waals surface area (Å²) in [4.78, 5) is 84.6. The first-order valence-corrected chi connectivity index (χ1v) is 38.1. The zero-order chi connectivity index (χ0) is 73.9. The van der Waals surface area contributed by atoms with E-state index in [-0.39, 0.29) is 89.7 Å². The predicted molar refractivity (Wildman–Crippen MR) is 397 cm³/mol. The van der Waals surface area contributed by atoms with E-state index in [1.165, 1.54) is 45.4 Å². The number of aryl methyl sites for hydroxylation is 1. The minimum absolute atomic E-state index is 0.00776. The molecule has 23 nitrogen and oxygen atoms in total. The molecule has 0 saturated carbocycles. The van der Waals surface area contributed by atoms with Gasteiger partial charge in [-0.1, -0.05) is 91.7 Å². The number of piperidine rings is 1. The fourth-order valence-electron chi connectivity index (χ4n) is 14.0. The van der Waals surface area contributed by atoms with Crippen LogP contribution in [0.5, 0.6) is 0 Å². The van der Waals surface area contributed by atoms with E-state index in [4.69, 9.17) is 54.1 Å². The van der Waals surface area contributed by atoms with Crippen molar-refractivity contribution in [3.63, 3.8) is 0 Å². The summed E-state index contributed by atoms with van der Waals surface area (Å²) in [6, 6.07) is 23.3. The van der Waals surface area contributed by atoms with Crippen molar-refractivity contribution in [1.82, 2.24) is 45.7 Å². The molecule has 102 heavy (non-hydrogen) atoms. The molecule has 1 aromatic heterocycles.